The van der Waals surface area contributed by atoms with Crippen LogP contribution in [0.3, 0.4) is 0 Å². The van der Waals surface area contributed by atoms with Gasteiger partial charge in [0.1, 0.15) is 0 Å². The third-order valence-corrected chi connectivity index (χ3v) is 4.59. The van der Waals surface area contributed by atoms with Crippen LogP contribution in [0.4, 0.5) is 0 Å². The summed E-state index contributed by atoms with van der Waals surface area (Å²) in [5.41, 5.74) is 0.935. The zero-order valence-electron chi connectivity index (χ0n) is 12.5. The zero-order valence-corrected chi connectivity index (χ0v) is 13.4. The molecule has 4 nitrogen and oxygen atoms in total. The summed E-state index contributed by atoms with van der Waals surface area (Å²) in [6.07, 6.45) is 1.42. The Labute approximate surface area is 128 Å². The highest BCUT2D eigenvalue weighted by Gasteiger charge is 2.18. The monoisotopic (exact) mass is 304 g/mol. The summed E-state index contributed by atoms with van der Waals surface area (Å²) >= 11 is 1.50. The van der Waals surface area contributed by atoms with Crippen LogP contribution >= 0.6 is 11.8 Å². The third-order valence-electron chi connectivity index (χ3n) is 3.37. The normalized spacial score (nSPS) is 12.3. The fraction of sp³-hybridized carbons (Fsp3) is 0.375. The first-order valence-electron chi connectivity index (χ1n) is 7.15. The van der Waals surface area contributed by atoms with Gasteiger partial charge in [0.15, 0.2) is 5.16 Å². The average molecular weight is 304 g/mol. The highest BCUT2D eigenvalue weighted by Crippen LogP contribution is 2.27. The molecule has 1 unspecified atom stereocenters. The van der Waals surface area contributed by atoms with Crippen LogP contribution < -0.4 is 5.56 Å². The van der Waals surface area contributed by atoms with E-state index >= 15 is 0 Å². The van der Waals surface area contributed by atoms with Crippen LogP contribution in [0.15, 0.2) is 40.3 Å². The number of hydrogen-bond donors (Lipinski definition) is 1. The van der Waals surface area contributed by atoms with Gasteiger partial charge in [0.25, 0.3) is 5.56 Å². The van der Waals surface area contributed by atoms with Crippen LogP contribution in [0, 0.1) is 0 Å². The van der Waals surface area contributed by atoms with Crippen LogP contribution in [0.1, 0.15) is 32.8 Å². The summed E-state index contributed by atoms with van der Waals surface area (Å²) in [6.45, 7) is 6.01. The van der Waals surface area contributed by atoms with E-state index in [-0.39, 0.29) is 11.4 Å². The lowest BCUT2D eigenvalue weighted by molar-refractivity contribution is 0.432. The number of hydrogen-bond acceptors (Lipinski definition) is 4. The van der Waals surface area contributed by atoms with E-state index < -0.39 is 0 Å². The summed E-state index contributed by atoms with van der Waals surface area (Å²) in [6, 6.07) is 9.43. The van der Waals surface area contributed by atoms with Crippen LogP contribution in [0.25, 0.3) is 5.69 Å². The minimum Gasteiger partial charge on any atom is -0.493 e. The maximum atomic E-state index is 12.7. The minimum absolute atomic E-state index is 0.152. The molecule has 0 spiro atoms. The molecular formula is C16H20N2O2S. The first kappa shape index (κ1) is 15.6. The lowest BCUT2D eigenvalue weighted by Crippen LogP contribution is -2.25. The highest BCUT2D eigenvalue weighted by atomic mass is 32.2. The van der Waals surface area contributed by atoms with Gasteiger partial charge in [0, 0.05) is 5.25 Å². The van der Waals surface area contributed by atoms with Crippen LogP contribution in [0.5, 0.6) is 5.88 Å². The number of rotatable bonds is 5. The molecule has 0 saturated carbocycles. The van der Waals surface area contributed by atoms with Gasteiger partial charge < -0.3 is 5.11 Å². The molecular weight excluding hydrogens is 284 g/mol. The van der Waals surface area contributed by atoms with Gasteiger partial charge in [-0.05, 0) is 25.0 Å². The SMILES string of the molecule is CCc1c(O)nc(SC(C)CC)n(-c2ccccc2)c1=O. The molecule has 0 saturated heterocycles. The second-order valence-corrected chi connectivity index (χ2v) is 6.27. The lowest BCUT2D eigenvalue weighted by Gasteiger charge is -2.16. The molecule has 1 aromatic carbocycles. The minimum atomic E-state index is -0.193. The van der Waals surface area contributed by atoms with E-state index in [0.29, 0.717) is 22.4 Å². The maximum absolute atomic E-state index is 12.7. The molecule has 0 amide bonds. The van der Waals surface area contributed by atoms with Gasteiger partial charge in [-0.25, -0.2) is 0 Å². The van der Waals surface area contributed by atoms with E-state index in [1.165, 1.54) is 11.8 Å². The van der Waals surface area contributed by atoms with Crippen molar-refractivity contribution in [2.24, 2.45) is 0 Å². The van der Waals surface area contributed by atoms with Crippen molar-refractivity contribution in [3.63, 3.8) is 0 Å². The number of aromatic nitrogens is 2. The molecule has 2 aromatic rings. The topological polar surface area (TPSA) is 55.1 Å². The van der Waals surface area contributed by atoms with Crippen LogP contribution in [0.2, 0.25) is 0 Å². The number of benzene rings is 1. The molecule has 112 valence electrons. The zero-order chi connectivity index (χ0) is 15.4. The Morgan fingerprint density at radius 1 is 1.29 bits per heavy atom. The average Bonchev–Trinajstić information content (AvgIpc) is 2.48. The molecule has 1 aromatic heterocycles. The third kappa shape index (κ3) is 3.29. The fourth-order valence-electron chi connectivity index (χ4n) is 1.98. The molecule has 0 fully saturated rings. The predicted octanol–water partition coefficient (Wildman–Crippen LogP) is 3.39. The Morgan fingerprint density at radius 3 is 2.52 bits per heavy atom. The van der Waals surface area contributed by atoms with Crippen LogP contribution in [-0.2, 0) is 6.42 Å². The van der Waals surface area contributed by atoms with Crippen molar-refractivity contribution in [3.05, 3.63) is 46.2 Å². The number of aromatic hydroxyl groups is 1. The van der Waals surface area contributed by atoms with Crippen molar-refractivity contribution < 1.29 is 5.11 Å². The molecule has 0 radical (unpaired) electrons. The highest BCUT2D eigenvalue weighted by molar-refractivity contribution is 7.99. The quantitative estimate of drug-likeness (QED) is 0.679. The fourth-order valence-corrected chi connectivity index (χ4v) is 2.94. The van der Waals surface area contributed by atoms with Crippen LogP contribution in [-0.4, -0.2) is 19.9 Å². The van der Waals surface area contributed by atoms with E-state index in [1.54, 1.807) is 4.57 Å². The first-order chi connectivity index (χ1) is 10.1. The lowest BCUT2D eigenvalue weighted by atomic mass is 10.2. The number of para-hydroxylation sites is 1. The van der Waals surface area contributed by atoms with Crippen molar-refractivity contribution in [2.75, 3.05) is 0 Å². The predicted molar refractivity (Wildman–Crippen MR) is 86.5 cm³/mol. The largest absolute Gasteiger partial charge is 0.493 e. The molecule has 0 aliphatic carbocycles. The molecule has 5 heteroatoms. The Bertz CT molecular complexity index is 668. The van der Waals surface area contributed by atoms with Crippen molar-refractivity contribution in [1.29, 1.82) is 0 Å². The van der Waals surface area contributed by atoms with Gasteiger partial charge in [0.05, 0.1) is 11.3 Å². The molecule has 0 bridgehead atoms. The second kappa shape index (κ2) is 6.80. The summed E-state index contributed by atoms with van der Waals surface area (Å²) in [7, 11) is 0. The summed E-state index contributed by atoms with van der Waals surface area (Å²) in [5.74, 6) is -0.152. The van der Waals surface area contributed by atoms with E-state index in [2.05, 4.69) is 18.8 Å². The molecule has 1 heterocycles. The Hall–Kier alpha value is -1.75. The van der Waals surface area contributed by atoms with Crippen molar-refractivity contribution >= 4 is 11.8 Å². The second-order valence-electron chi connectivity index (χ2n) is 4.86. The molecule has 1 atom stereocenters. The van der Waals surface area contributed by atoms with Gasteiger partial charge in [-0.3, -0.25) is 9.36 Å². The Kier molecular flexibility index (Phi) is 5.07. The summed E-state index contributed by atoms with van der Waals surface area (Å²) in [5, 5.41) is 10.8. The van der Waals surface area contributed by atoms with E-state index in [4.69, 9.17) is 0 Å². The van der Waals surface area contributed by atoms with Gasteiger partial charge in [-0.2, -0.15) is 4.98 Å². The Balaban J connectivity index is 2.66. The Morgan fingerprint density at radius 2 is 1.95 bits per heavy atom. The number of thioether (sulfide) groups is 1. The smallest absolute Gasteiger partial charge is 0.265 e. The first-order valence-corrected chi connectivity index (χ1v) is 8.03. The van der Waals surface area contributed by atoms with Crippen molar-refractivity contribution in [1.82, 2.24) is 9.55 Å². The van der Waals surface area contributed by atoms with Crippen molar-refractivity contribution in [3.8, 4) is 11.6 Å². The molecule has 0 aliphatic heterocycles. The molecule has 1 N–H and O–H groups in total. The van der Waals surface area contributed by atoms with Crippen molar-refractivity contribution in [2.45, 2.75) is 44.0 Å². The summed E-state index contributed by atoms with van der Waals surface area (Å²) < 4.78 is 1.59. The summed E-state index contributed by atoms with van der Waals surface area (Å²) in [4.78, 5) is 16.9. The van der Waals surface area contributed by atoms with Gasteiger partial charge in [-0.1, -0.05) is 50.7 Å². The van der Waals surface area contributed by atoms with E-state index in [9.17, 15) is 9.90 Å². The van der Waals surface area contributed by atoms with E-state index in [1.807, 2.05) is 37.3 Å². The maximum Gasteiger partial charge on any atom is 0.265 e. The van der Waals surface area contributed by atoms with Gasteiger partial charge in [-0.15, -0.1) is 0 Å². The standard InChI is InChI=1S/C16H20N2O2S/c1-4-11(3)21-16-17-14(19)13(5-2)15(20)18(16)12-9-7-6-8-10-12/h6-11,19H,4-5H2,1-3H3. The number of nitrogens with zero attached hydrogens (tertiary/aromatic N) is 2. The van der Waals surface area contributed by atoms with Gasteiger partial charge in [0.2, 0.25) is 5.88 Å². The van der Waals surface area contributed by atoms with E-state index in [0.717, 1.165) is 12.1 Å². The van der Waals surface area contributed by atoms with Gasteiger partial charge >= 0.3 is 0 Å². The molecule has 2 rings (SSSR count). The molecule has 0 aliphatic rings. The molecule has 21 heavy (non-hydrogen) atoms.